The van der Waals surface area contributed by atoms with Crippen molar-refractivity contribution in [3.05, 3.63) is 11.7 Å². The van der Waals surface area contributed by atoms with E-state index < -0.39 is 0 Å². The van der Waals surface area contributed by atoms with Gasteiger partial charge in [-0.3, -0.25) is 0 Å². The lowest BCUT2D eigenvalue weighted by Crippen LogP contribution is -2.13. The normalized spacial score (nSPS) is 24.0. The summed E-state index contributed by atoms with van der Waals surface area (Å²) in [7, 11) is 0. The van der Waals surface area contributed by atoms with Gasteiger partial charge in [-0.25, -0.2) is 0 Å². The van der Waals surface area contributed by atoms with Gasteiger partial charge in [-0.1, -0.05) is 12.1 Å². The van der Waals surface area contributed by atoms with Crippen LogP contribution in [0.2, 0.25) is 0 Å². The van der Waals surface area contributed by atoms with Crippen molar-refractivity contribution in [3.8, 4) is 0 Å². The predicted octanol–water partition coefficient (Wildman–Crippen LogP) is 1.37. The molecule has 2 rings (SSSR count). The van der Waals surface area contributed by atoms with Gasteiger partial charge in [0.15, 0.2) is 5.82 Å². The highest BCUT2D eigenvalue weighted by atomic mass is 16.5. The van der Waals surface area contributed by atoms with Crippen LogP contribution in [0.15, 0.2) is 4.52 Å². The van der Waals surface area contributed by atoms with Crippen LogP contribution in [0.5, 0.6) is 0 Å². The van der Waals surface area contributed by atoms with Gasteiger partial charge in [0.2, 0.25) is 0 Å². The van der Waals surface area contributed by atoms with Crippen LogP contribution in [0.1, 0.15) is 49.9 Å². The monoisotopic (exact) mass is 211 g/mol. The minimum atomic E-state index is -0.00928. The molecule has 1 aliphatic rings. The lowest BCUT2D eigenvalue weighted by atomic mass is 10.1. The molecule has 0 amide bonds. The summed E-state index contributed by atoms with van der Waals surface area (Å²) >= 11 is 0. The molecular formula is C10H17N3O2. The van der Waals surface area contributed by atoms with Crippen molar-refractivity contribution in [3.63, 3.8) is 0 Å². The summed E-state index contributed by atoms with van der Waals surface area (Å²) in [5.41, 5.74) is 5.54. The fraction of sp³-hybridized carbons (Fsp3) is 0.800. The maximum absolute atomic E-state index is 5.56. The van der Waals surface area contributed by atoms with E-state index in [0.717, 1.165) is 25.9 Å². The minimum Gasteiger partial charge on any atom is -0.368 e. The van der Waals surface area contributed by atoms with Crippen molar-refractivity contribution in [2.24, 2.45) is 5.73 Å². The smallest absolute Gasteiger partial charge is 0.255 e. The quantitative estimate of drug-likeness (QED) is 0.817. The summed E-state index contributed by atoms with van der Waals surface area (Å²) < 4.78 is 10.7. The van der Waals surface area contributed by atoms with Gasteiger partial charge in [0.05, 0.1) is 0 Å². The Kier molecular flexibility index (Phi) is 3.33. The Labute approximate surface area is 89.0 Å². The van der Waals surface area contributed by atoms with Gasteiger partial charge in [0, 0.05) is 19.1 Å². The van der Waals surface area contributed by atoms with Crippen molar-refractivity contribution in [1.82, 2.24) is 10.1 Å². The molecule has 2 atom stereocenters. The molecule has 5 nitrogen and oxygen atoms in total. The molecule has 84 valence electrons. The van der Waals surface area contributed by atoms with Gasteiger partial charge in [-0.05, 0) is 19.3 Å². The number of nitrogens with zero attached hydrogens (tertiary/aromatic N) is 2. The van der Waals surface area contributed by atoms with E-state index in [1.165, 1.54) is 0 Å². The Balaban J connectivity index is 2.05. The van der Waals surface area contributed by atoms with E-state index in [0.29, 0.717) is 18.3 Å². The molecule has 1 saturated heterocycles. The predicted molar refractivity (Wildman–Crippen MR) is 54.3 cm³/mol. The van der Waals surface area contributed by atoms with E-state index in [2.05, 4.69) is 10.1 Å². The summed E-state index contributed by atoms with van der Waals surface area (Å²) in [5.74, 6) is 1.43. The van der Waals surface area contributed by atoms with Crippen LogP contribution in [0.4, 0.5) is 0 Å². The molecule has 2 heterocycles. The van der Waals surface area contributed by atoms with Gasteiger partial charge < -0.3 is 15.0 Å². The second-order valence-corrected chi connectivity index (χ2v) is 3.98. The van der Waals surface area contributed by atoms with Crippen molar-refractivity contribution in [1.29, 1.82) is 0 Å². The van der Waals surface area contributed by atoms with Crippen LogP contribution in [-0.4, -0.2) is 23.3 Å². The molecule has 1 aromatic heterocycles. The highest BCUT2D eigenvalue weighted by Crippen LogP contribution is 2.27. The maximum Gasteiger partial charge on any atom is 0.255 e. The molecule has 15 heavy (non-hydrogen) atoms. The molecular weight excluding hydrogens is 194 g/mol. The van der Waals surface area contributed by atoms with Crippen molar-refractivity contribution >= 4 is 0 Å². The number of nitrogens with two attached hydrogens (primary N) is 1. The largest absolute Gasteiger partial charge is 0.368 e. The van der Waals surface area contributed by atoms with E-state index in [1.54, 1.807) is 0 Å². The molecule has 0 aromatic carbocycles. The molecule has 2 N–H and O–H groups in total. The molecule has 1 fully saturated rings. The standard InChI is InChI=1S/C10H17N3O2/c1-7(6-11)9-12-10(15-13-9)8-4-2-3-5-14-8/h7-8H,2-6,11H2,1H3. The summed E-state index contributed by atoms with van der Waals surface area (Å²) in [6, 6.07) is 0. The van der Waals surface area contributed by atoms with E-state index in [4.69, 9.17) is 15.0 Å². The summed E-state index contributed by atoms with van der Waals surface area (Å²) in [4.78, 5) is 4.32. The van der Waals surface area contributed by atoms with Gasteiger partial charge >= 0.3 is 0 Å². The second kappa shape index (κ2) is 4.72. The first kappa shape index (κ1) is 10.6. The first-order chi connectivity index (χ1) is 7.31. The average Bonchev–Trinajstić information content (AvgIpc) is 2.78. The third-order valence-corrected chi connectivity index (χ3v) is 2.71. The van der Waals surface area contributed by atoms with Crippen LogP contribution in [0.3, 0.4) is 0 Å². The summed E-state index contributed by atoms with van der Waals surface area (Å²) in [6.07, 6.45) is 3.24. The van der Waals surface area contributed by atoms with Crippen LogP contribution in [-0.2, 0) is 4.74 Å². The van der Waals surface area contributed by atoms with Crippen molar-refractivity contribution in [2.45, 2.75) is 38.2 Å². The molecule has 1 aliphatic heterocycles. The minimum absolute atomic E-state index is 0.00928. The molecule has 0 bridgehead atoms. The fourth-order valence-electron chi connectivity index (χ4n) is 1.62. The molecule has 0 spiro atoms. The Morgan fingerprint density at radius 1 is 1.53 bits per heavy atom. The average molecular weight is 211 g/mol. The van der Waals surface area contributed by atoms with E-state index in [1.807, 2.05) is 6.92 Å². The number of hydrogen-bond donors (Lipinski definition) is 1. The number of rotatable bonds is 3. The molecule has 1 aromatic rings. The van der Waals surface area contributed by atoms with E-state index >= 15 is 0 Å². The maximum atomic E-state index is 5.56. The first-order valence-electron chi connectivity index (χ1n) is 5.46. The van der Waals surface area contributed by atoms with Crippen LogP contribution < -0.4 is 5.73 Å². The zero-order chi connectivity index (χ0) is 10.7. The first-order valence-corrected chi connectivity index (χ1v) is 5.46. The van der Waals surface area contributed by atoms with Gasteiger partial charge in [0.25, 0.3) is 5.89 Å². The van der Waals surface area contributed by atoms with Gasteiger partial charge in [0.1, 0.15) is 6.10 Å². The highest BCUT2D eigenvalue weighted by molar-refractivity contribution is 4.96. The zero-order valence-electron chi connectivity index (χ0n) is 8.98. The SMILES string of the molecule is CC(CN)c1noc(C2CCCCO2)n1. The number of ether oxygens (including phenoxy) is 1. The molecule has 5 heteroatoms. The lowest BCUT2D eigenvalue weighted by Gasteiger charge is -2.18. The Morgan fingerprint density at radius 2 is 2.40 bits per heavy atom. The zero-order valence-corrected chi connectivity index (χ0v) is 8.98. The Hall–Kier alpha value is -0.940. The Morgan fingerprint density at radius 3 is 3.07 bits per heavy atom. The van der Waals surface area contributed by atoms with Gasteiger partial charge in [-0.15, -0.1) is 0 Å². The molecule has 0 saturated carbocycles. The summed E-state index contributed by atoms with van der Waals surface area (Å²) in [5, 5.41) is 3.92. The van der Waals surface area contributed by atoms with Crippen LogP contribution in [0, 0.1) is 0 Å². The third kappa shape index (κ3) is 2.35. The number of aromatic nitrogens is 2. The highest BCUT2D eigenvalue weighted by Gasteiger charge is 2.23. The van der Waals surface area contributed by atoms with Crippen LogP contribution >= 0.6 is 0 Å². The van der Waals surface area contributed by atoms with Crippen LogP contribution in [0.25, 0.3) is 0 Å². The molecule has 0 aliphatic carbocycles. The van der Waals surface area contributed by atoms with E-state index in [9.17, 15) is 0 Å². The summed E-state index contributed by atoms with van der Waals surface area (Å²) in [6.45, 7) is 3.30. The van der Waals surface area contributed by atoms with E-state index in [-0.39, 0.29) is 12.0 Å². The number of hydrogen-bond acceptors (Lipinski definition) is 5. The van der Waals surface area contributed by atoms with Gasteiger partial charge in [-0.2, -0.15) is 4.98 Å². The third-order valence-electron chi connectivity index (χ3n) is 2.71. The molecule has 2 unspecified atom stereocenters. The topological polar surface area (TPSA) is 74.2 Å². The van der Waals surface area contributed by atoms with Crippen molar-refractivity contribution in [2.75, 3.05) is 13.2 Å². The van der Waals surface area contributed by atoms with Crippen molar-refractivity contribution < 1.29 is 9.26 Å². The fourth-order valence-corrected chi connectivity index (χ4v) is 1.62. The Bertz CT molecular complexity index is 307. The lowest BCUT2D eigenvalue weighted by molar-refractivity contribution is -0.00459. The molecule has 0 radical (unpaired) electrons. The second-order valence-electron chi connectivity index (χ2n) is 3.98.